The van der Waals surface area contributed by atoms with Gasteiger partial charge in [0.2, 0.25) is 5.91 Å². The molecular formula is C16H15ClN2O2. The lowest BCUT2D eigenvalue weighted by Crippen LogP contribution is -2.19. The van der Waals surface area contributed by atoms with E-state index in [1.54, 1.807) is 25.3 Å². The van der Waals surface area contributed by atoms with Crippen molar-refractivity contribution in [3.8, 4) is 5.75 Å². The molecule has 0 fully saturated rings. The number of benzene rings is 2. The first kappa shape index (κ1) is 15.1. The maximum absolute atomic E-state index is 11.7. The zero-order valence-electron chi connectivity index (χ0n) is 11.5. The molecule has 2 aromatic carbocycles. The number of nitrogens with one attached hydrogen (secondary N) is 1. The van der Waals surface area contributed by atoms with Gasteiger partial charge in [-0.15, -0.1) is 0 Å². The molecule has 0 atom stereocenters. The number of hydrogen-bond donors (Lipinski definition) is 1. The van der Waals surface area contributed by atoms with Crippen molar-refractivity contribution in [3.63, 3.8) is 0 Å². The van der Waals surface area contributed by atoms with Gasteiger partial charge in [-0.2, -0.15) is 5.10 Å². The lowest BCUT2D eigenvalue weighted by molar-refractivity contribution is -0.120. The Hall–Kier alpha value is -2.33. The molecule has 0 saturated carbocycles. The molecule has 5 heteroatoms. The van der Waals surface area contributed by atoms with Crippen molar-refractivity contribution in [3.05, 3.63) is 64.7 Å². The summed E-state index contributed by atoms with van der Waals surface area (Å²) in [6.07, 6.45) is 1.83. The minimum absolute atomic E-state index is 0.169. The zero-order chi connectivity index (χ0) is 15.1. The number of hydrazone groups is 1. The number of nitrogens with zero attached hydrogens (tertiary/aromatic N) is 1. The van der Waals surface area contributed by atoms with Crippen molar-refractivity contribution in [1.29, 1.82) is 0 Å². The molecule has 108 valence electrons. The highest BCUT2D eigenvalue weighted by Crippen LogP contribution is 2.24. The van der Waals surface area contributed by atoms with Crippen LogP contribution in [0.2, 0.25) is 5.02 Å². The van der Waals surface area contributed by atoms with Gasteiger partial charge < -0.3 is 4.74 Å². The van der Waals surface area contributed by atoms with Gasteiger partial charge in [0.1, 0.15) is 5.75 Å². The predicted molar refractivity (Wildman–Crippen MR) is 83.9 cm³/mol. The number of carbonyl (C=O) groups excluding carboxylic acids is 1. The fourth-order valence-corrected chi connectivity index (χ4v) is 2.03. The Morgan fingerprint density at radius 2 is 2.05 bits per heavy atom. The lowest BCUT2D eigenvalue weighted by Gasteiger charge is -2.03. The second-order valence-electron chi connectivity index (χ2n) is 4.35. The Balaban J connectivity index is 1.90. The fraction of sp³-hybridized carbons (Fsp3) is 0.125. The Morgan fingerprint density at radius 3 is 2.71 bits per heavy atom. The van der Waals surface area contributed by atoms with Gasteiger partial charge in [0.25, 0.3) is 0 Å². The average molecular weight is 303 g/mol. The van der Waals surface area contributed by atoms with Gasteiger partial charge in [-0.25, -0.2) is 5.43 Å². The minimum atomic E-state index is -0.169. The highest BCUT2D eigenvalue weighted by molar-refractivity contribution is 6.32. The summed E-state index contributed by atoms with van der Waals surface area (Å²) in [7, 11) is 1.55. The molecular weight excluding hydrogens is 288 g/mol. The molecule has 1 amide bonds. The molecule has 2 rings (SSSR count). The third-order valence-electron chi connectivity index (χ3n) is 2.79. The lowest BCUT2D eigenvalue weighted by atomic mass is 10.1. The monoisotopic (exact) mass is 302 g/mol. The number of hydrogen-bond acceptors (Lipinski definition) is 3. The summed E-state index contributed by atoms with van der Waals surface area (Å²) in [5, 5.41) is 4.41. The Morgan fingerprint density at radius 1 is 1.29 bits per heavy atom. The van der Waals surface area contributed by atoms with Gasteiger partial charge >= 0.3 is 0 Å². The second kappa shape index (κ2) is 7.45. The SMILES string of the molecule is COc1ccc(C=NNC(=O)Cc2ccccc2)cc1Cl. The van der Waals surface area contributed by atoms with Gasteiger partial charge in [-0.3, -0.25) is 4.79 Å². The second-order valence-corrected chi connectivity index (χ2v) is 4.76. The van der Waals surface area contributed by atoms with E-state index >= 15 is 0 Å². The van der Waals surface area contributed by atoms with Gasteiger partial charge in [-0.05, 0) is 29.3 Å². The topological polar surface area (TPSA) is 50.7 Å². The maximum atomic E-state index is 11.7. The third kappa shape index (κ3) is 4.61. The zero-order valence-corrected chi connectivity index (χ0v) is 12.3. The van der Waals surface area contributed by atoms with Crippen LogP contribution in [-0.4, -0.2) is 19.2 Å². The predicted octanol–water partition coefficient (Wildman–Crippen LogP) is 3.04. The Kier molecular flexibility index (Phi) is 5.35. The van der Waals surface area contributed by atoms with Gasteiger partial charge in [0, 0.05) is 0 Å². The van der Waals surface area contributed by atoms with Crippen LogP contribution in [-0.2, 0) is 11.2 Å². The summed E-state index contributed by atoms with van der Waals surface area (Å²) in [6, 6.07) is 14.8. The Bertz CT molecular complexity index is 642. The maximum Gasteiger partial charge on any atom is 0.244 e. The van der Waals surface area contributed by atoms with Crippen LogP contribution in [0.25, 0.3) is 0 Å². The molecule has 0 bridgehead atoms. The Labute approximate surface area is 128 Å². The summed E-state index contributed by atoms with van der Waals surface area (Å²) in [5.74, 6) is 0.430. The van der Waals surface area contributed by atoms with Crippen LogP contribution in [0.15, 0.2) is 53.6 Å². The first-order valence-corrected chi connectivity index (χ1v) is 6.76. The van der Waals surface area contributed by atoms with Crippen LogP contribution >= 0.6 is 11.6 Å². The van der Waals surface area contributed by atoms with Crippen LogP contribution in [0, 0.1) is 0 Å². The molecule has 0 spiro atoms. The third-order valence-corrected chi connectivity index (χ3v) is 3.08. The molecule has 0 heterocycles. The van der Waals surface area contributed by atoms with Crippen molar-refractivity contribution < 1.29 is 9.53 Å². The van der Waals surface area contributed by atoms with E-state index in [0.29, 0.717) is 17.2 Å². The quantitative estimate of drug-likeness (QED) is 0.682. The van der Waals surface area contributed by atoms with Gasteiger partial charge in [0.05, 0.1) is 24.8 Å². The number of carbonyl (C=O) groups is 1. The number of methoxy groups -OCH3 is 1. The summed E-state index contributed by atoms with van der Waals surface area (Å²) >= 11 is 6.00. The standard InChI is InChI=1S/C16H15ClN2O2/c1-21-15-8-7-13(9-14(15)17)11-18-19-16(20)10-12-5-3-2-4-6-12/h2-9,11H,10H2,1H3,(H,19,20). The first-order valence-electron chi connectivity index (χ1n) is 6.38. The normalized spacial score (nSPS) is 10.6. The largest absolute Gasteiger partial charge is 0.495 e. The van der Waals surface area contributed by atoms with Gasteiger partial charge in [-0.1, -0.05) is 41.9 Å². The molecule has 4 nitrogen and oxygen atoms in total. The van der Waals surface area contributed by atoms with Crippen molar-refractivity contribution in [2.45, 2.75) is 6.42 Å². The van der Waals surface area contributed by atoms with E-state index in [2.05, 4.69) is 10.5 Å². The highest BCUT2D eigenvalue weighted by Gasteiger charge is 2.02. The van der Waals surface area contributed by atoms with E-state index in [9.17, 15) is 4.79 Å². The molecule has 0 radical (unpaired) electrons. The minimum Gasteiger partial charge on any atom is -0.495 e. The molecule has 21 heavy (non-hydrogen) atoms. The molecule has 0 saturated heterocycles. The molecule has 0 aliphatic heterocycles. The van der Waals surface area contributed by atoms with E-state index in [1.165, 1.54) is 6.21 Å². The van der Waals surface area contributed by atoms with Crippen LogP contribution in [0.4, 0.5) is 0 Å². The molecule has 2 aromatic rings. The van der Waals surface area contributed by atoms with Crippen molar-refractivity contribution in [1.82, 2.24) is 5.43 Å². The fourth-order valence-electron chi connectivity index (χ4n) is 1.76. The van der Waals surface area contributed by atoms with E-state index in [-0.39, 0.29) is 5.91 Å². The van der Waals surface area contributed by atoms with Crippen LogP contribution in [0.1, 0.15) is 11.1 Å². The summed E-state index contributed by atoms with van der Waals surface area (Å²) in [6.45, 7) is 0. The molecule has 0 aliphatic rings. The number of halogens is 1. The van der Waals surface area contributed by atoms with E-state index < -0.39 is 0 Å². The number of amides is 1. The van der Waals surface area contributed by atoms with Crippen molar-refractivity contribution in [2.24, 2.45) is 5.10 Å². The van der Waals surface area contributed by atoms with Crippen LogP contribution < -0.4 is 10.2 Å². The smallest absolute Gasteiger partial charge is 0.244 e. The van der Waals surface area contributed by atoms with E-state index in [4.69, 9.17) is 16.3 Å². The number of ether oxygens (including phenoxy) is 1. The molecule has 0 aliphatic carbocycles. The van der Waals surface area contributed by atoms with E-state index in [1.807, 2.05) is 30.3 Å². The van der Waals surface area contributed by atoms with Crippen molar-refractivity contribution in [2.75, 3.05) is 7.11 Å². The summed E-state index contributed by atoms with van der Waals surface area (Å²) in [4.78, 5) is 11.7. The average Bonchev–Trinajstić information content (AvgIpc) is 2.48. The van der Waals surface area contributed by atoms with Crippen molar-refractivity contribution >= 4 is 23.7 Å². The number of rotatable bonds is 5. The van der Waals surface area contributed by atoms with E-state index in [0.717, 1.165) is 11.1 Å². The van der Waals surface area contributed by atoms with Crippen LogP contribution in [0.3, 0.4) is 0 Å². The van der Waals surface area contributed by atoms with Crippen LogP contribution in [0.5, 0.6) is 5.75 Å². The highest BCUT2D eigenvalue weighted by atomic mass is 35.5. The first-order chi connectivity index (χ1) is 10.2. The molecule has 1 N–H and O–H groups in total. The molecule has 0 aromatic heterocycles. The molecule has 0 unspecified atom stereocenters. The van der Waals surface area contributed by atoms with Gasteiger partial charge in [0.15, 0.2) is 0 Å². The summed E-state index contributed by atoms with van der Waals surface area (Å²) in [5.41, 5.74) is 4.20. The summed E-state index contributed by atoms with van der Waals surface area (Å²) < 4.78 is 5.06.